The van der Waals surface area contributed by atoms with E-state index in [4.69, 9.17) is 14.9 Å². The van der Waals surface area contributed by atoms with Crippen molar-refractivity contribution in [3.63, 3.8) is 0 Å². The number of primary amides is 1. The summed E-state index contributed by atoms with van der Waals surface area (Å²) in [5, 5.41) is 5.74. The Morgan fingerprint density at radius 3 is 3.00 bits per heavy atom. The molecule has 7 heteroatoms. The number of aromatic nitrogens is 1. The molecule has 0 fully saturated rings. The summed E-state index contributed by atoms with van der Waals surface area (Å²) in [5.41, 5.74) is 7.04. The maximum absolute atomic E-state index is 11.1. The van der Waals surface area contributed by atoms with E-state index in [0.29, 0.717) is 22.1 Å². The van der Waals surface area contributed by atoms with Gasteiger partial charge < -0.3 is 20.2 Å². The second kappa shape index (κ2) is 5.90. The molecule has 3 N–H and O–H groups in total. The molecule has 1 amide bonds. The Bertz CT molecular complexity index is 810. The lowest BCUT2D eigenvalue weighted by molar-refractivity contribution is 0.0999. The van der Waals surface area contributed by atoms with Gasteiger partial charge in [0, 0.05) is 17.1 Å². The molecule has 0 spiro atoms. The molecule has 0 aliphatic heterocycles. The average Bonchev–Trinajstić information content (AvgIpc) is 3.16. The van der Waals surface area contributed by atoms with Gasteiger partial charge in [-0.05, 0) is 18.2 Å². The number of carbonyl (C=O) groups is 1. The summed E-state index contributed by atoms with van der Waals surface area (Å²) in [6, 6.07) is 9.13. The van der Waals surface area contributed by atoms with Crippen LogP contribution in [0, 0.1) is 0 Å². The summed E-state index contributed by atoms with van der Waals surface area (Å²) >= 11 is 1.43. The van der Waals surface area contributed by atoms with Gasteiger partial charge in [0.05, 0.1) is 12.7 Å². The highest BCUT2D eigenvalue weighted by Crippen LogP contribution is 2.29. The van der Waals surface area contributed by atoms with Crippen molar-refractivity contribution in [1.29, 1.82) is 0 Å². The molecule has 1 aromatic carbocycles. The number of nitrogens with one attached hydrogen (secondary N) is 1. The van der Waals surface area contributed by atoms with Crippen molar-refractivity contribution < 1.29 is 13.9 Å². The van der Waals surface area contributed by atoms with Crippen LogP contribution in [0.25, 0.3) is 11.5 Å². The average molecular weight is 315 g/mol. The quantitative estimate of drug-likeness (QED) is 0.754. The van der Waals surface area contributed by atoms with Crippen molar-refractivity contribution in [2.45, 2.75) is 0 Å². The number of hydrogen-bond acceptors (Lipinski definition) is 6. The van der Waals surface area contributed by atoms with E-state index in [-0.39, 0.29) is 0 Å². The zero-order valence-corrected chi connectivity index (χ0v) is 12.5. The third kappa shape index (κ3) is 2.94. The van der Waals surface area contributed by atoms with Crippen LogP contribution in [-0.2, 0) is 0 Å². The first kappa shape index (κ1) is 14.2. The van der Waals surface area contributed by atoms with E-state index in [1.165, 1.54) is 17.6 Å². The molecule has 0 unspecified atom stereocenters. The van der Waals surface area contributed by atoms with Gasteiger partial charge in [0.2, 0.25) is 0 Å². The number of hydrogen-bond donors (Lipinski definition) is 2. The number of rotatable bonds is 5. The van der Waals surface area contributed by atoms with Crippen LogP contribution < -0.4 is 15.8 Å². The Balaban J connectivity index is 1.79. The summed E-state index contributed by atoms with van der Waals surface area (Å²) in [6.45, 7) is 0. The molecule has 2 heterocycles. The summed E-state index contributed by atoms with van der Waals surface area (Å²) in [7, 11) is 1.62. The van der Waals surface area contributed by atoms with E-state index < -0.39 is 5.91 Å². The fourth-order valence-electron chi connectivity index (χ4n) is 1.87. The van der Waals surface area contributed by atoms with Gasteiger partial charge in [0.15, 0.2) is 10.9 Å². The Labute approximate surface area is 130 Å². The highest BCUT2D eigenvalue weighted by Gasteiger charge is 2.12. The molecular formula is C15H13N3O3S. The summed E-state index contributed by atoms with van der Waals surface area (Å²) in [4.78, 5) is 15.5. The van der Waals surface area contributed by atoms with Crippen LogP contribution in [0.15, 0.2) is 46.4 Å². The fourth-order valence-corrected chi connectivity index (χ4v) is 2.59. The van der Waals surface area contributed by atoms with Crippen molar-refractivity contribution in [3.05, 3.63) is 47.5 Å². The largest absolute Gasteiger partial charge is 0.497 e. The first-order valence-corrected chi connectivity index (χ1v) is 7.29. The molecule has 0 radical (unpaired) electrons. The Morgan fingerprint density at radius 1 is 1.41 bits per heavy atom. The number of methoxy groups -OCH3 is 1. The molecular weight excluding hydrogens is 302 g/mol. The van der Waals surface area contributed by atoms with E-state index in [0.717, 1.165) is 11.4 Å². The highest BCUT2D eigenvalue weighted by molar-refractivity contribution is 7.14. The molecule has 2 aromatic heterocycles. The zero-order valence-electron chi connectivity index (χ0n) is 11.7. The van der Waals surface area contributed by atoms with Crippen LogP contribution in [0.2, 0.25) is 0 Å². The fraction of sp³-hybridized carbons (Fsp3) is 0.0667. The predicted octanol–water partition coefficient (Wildman–Crippen LogP) is 3.25. The molecule has 0 bridgehead atoms. The number of benzene rings is 1. The van der Waals surface area contributed by atoms with E-state index in [1.807, 2.05) is 29.6 Å². The number of ether oxygens (including phenoxy) is 1. The maximum atomic E-state index is 11.1. The van der Waals surface area contributed by atoms with Crippen LogP contribution in [0.1, 0.15) is 10.4 Å². The van der Waals surface area contributed by atoms with Gasteiger partial charge in [-0.3, -0.25) is 4.79 Å². The molecule has 0 aliphatic rings. The van der Waals surface area contributed by atoms with Crippen LogP contribution in [0.4, 0.5) is 10.8 Å². The second-order valence-electron chi connectivity index (χ2n) is 4.46. The van der Waals surface area contributed by atoms with Gasteiger partial charge in [-0.25, -0.2) is 4.98 Å². The van der Waals surface area contributed by atoms with Crippen LogP contribution in [-0.4, -0.2) is 18.0 Å². The summed E-state index contributed by atoms with van der Waals surface area (Å²) in [5.74, 6) is 0.739. The molecule has 0 saturated carbocycles. The van der Waals surface area contributed by atoms with Gasteiger partial charge in [0.1, 0.15) is 17.7 Å². The third-order valence-electron chi connectivity index (χ3n) is 2.96. The van der Waals surface area contributed by atoms with Gasteiger partial charge in [-0.2, -0.15) is 0 Å². The zero-order chi connectivity index (χ0) is 15.5. The molecule has 0 saturated heterocycles. The Morgan fingerprint density at radius 2 is 2.27 bits per heavy atom. The monoisotopic (exact) mass is 315 g/mol. The van der Waals surface area contributed by atoms with Gasteiger partial charge in [0.25, 0.3) is 5.91 Å². The number of anilines is 2. The molecule has 3 rings (SSSR count). The molecule has 0 atom stereocenters. The number of thiazole rings is 1. The van der Waals surface area contributed by atoms with Crippen molar-refractivity contribution in [2.75, 3.05) is 12.4 Å². The highest BCUT2D eigenvalue weighted by atomic mass is 32.1. The topological polar surface area (TPSA) is 90.4 Å². The Hall–Kier alpha value is -2.80. The number of furan rings is 1. The number of nitrogens with zero attached hydrogens (tertiary/aromatic N) is 1. The number of carbonyl (C=O) groups excluding carboxylic acids is 1. The lowest BCUT2D eigenvalue weighted by atomic mass is 10.3. The normalized spacial score (nSPS) is 10.4. The standard InChI is InChI=1S/C15H13N3O3S/c1-20-11-4-2-3-10(6-11)17-15-18-12(8-22-15)13-5-9(7-21-13)14(16)19/h2-8H,1H3,(H2,16,19)(H,17,18). The van der Waals surface area contributed by atoms with Crippen molar-refractivity contribution in [1.82, 2.24) is 4.98 Å². The lowest BCUT2D eigenvalue weighted by Crippen LogP contribution is -2.09. The van der Waals surface area contributed by atoms with Crippen molar-refractivity contribution in [3.8, 4) is 17.2 Å². The second-order valence-corrected chi connectivity index (χ2v) is 5.32. The van der Waals surface area contributed by atoms with E-state index in [1.54, 1.807) is 13.2 Å². The van der Waals surface area contributed by atoms with Gasteiger partial charge in [-0.1, -0.05) is 6.07 Å². The molecule has 3 aromatic rings. The number of amides is 1. The van der Waals surface area contributed by atoms with E-state index in [9.17, 15) is 4.79 Å². The van der Waals surface area contributed by atoms with Gasteiger partial charge in [-0.15, -0.1) is 11.3 Å². The van der Waals surface area contributed by atoms with Crippen molar-refractivity contribution >= 4 is 28.1 Å². The molecule has 22 heavy (non-hydrogen) atoms. The molecule has 112 valence electrons. The van der Waals surface area contributed by atoms with E-state index in [2.05, 4.69) is 10.3 Å². The van der Waals surface area contributed by atoms with Crippen molar-refractivity contribution in [2.24, 2.45) is 5.73 Å². The first-order valence-electron chi connectivity index (χ1n) is 6.41. The van der Waals surface area contributed by atoms with Crippen LogP contribution in [0.5, 0.6) is 5.75 Å². The summed E-state index contributed by atoms with van der Waals surface area (Å²) in [6.07, 6.45) is 1.33. The number of nitrogens with two attached hydrogens (primary N) is 1. The summed E-state index contributed by atoms with van der Waals surface area (Å²) < 4.78 is 10.5. The molecule has 6 nitrogen and oxygen atoms in total. The molecule has 0 aliphatic carbocycles. The maximum Gasteiger partial charge on any atom is 0.251 e. The van der Waals surface area contributed by atoms with Crippen LogP contribution >= 0.6 is 11.3 Å². The van der Waals surface area contributed by atoms with Gasteiger partial charge >= 0.3 is 0 Å². The third-order valence-corrected chi connectivity index (χ3v) is 3.72. The Kier molecular flexibility index (Phi) is 3.80. The van der Waals surface area contributed by atoms with Crippen LogP contribution in [0.3, 0.4) is 0 Å². The minimum absolute atomic E-state index is 0.324. The SMILES string of the molecule is COc1cccc(Nc2nc(-c3cc(C(N)=O)co3)cs2)c1. The lowest BCUT2D eigenvalue weighted by Gasteiger charge is -2.04. The smallest absolute Gasteiger partial charge is 0.251 e. The minimum Gasteiger partial charge on any atom is -0.497 e. The predicted molar refractivity (Wildman–Crippen MR) is 84.6 cm³/mol. The first-order chi connectivity index (χ1) is 10.7. The van der Waals surface area contributed by atoms with E-state index >= 15 is 0 Å². The minimum atomic E-state index is -0.528.